The molecule has 1 aliphatic rings. The van der Waals surface area contributed by atoms with E-state index < -0.39 is 15.8 Å². The van der Waals surface area contributed by atoms with Crippen LogP contribution in [0.4, 0.5) is 4.39 Å². The van der Waals surface area contributed by atoms with Crippen LogP contribution in [-0.2, 0) is 10.0 Å². The van der Waals surface area contributed by atoms with Gasteiger partial charge in [-0.3, -0.25) is 0 Å². The lowest BCUT2D eigenvalue weighted by molar-refractivity contribution is 0.138. The van der Waals surface area contributed by atoms with E-state index in [0.29, 0.717) is 18.7 Å². The zero-order chi connectivity index (χ0) is 18.6. The van der Waals surface area contributed by atoms with Crippen molar-refractivity contribution in [2.75, 3.05) is 7.11 Å². The van der Waals surface area contributed by atoms with Crippen molar-refractivity contribution in [2.24, 2.45) is 0 Å². The summed E-state index contributed by atoms with van der Waals surface area (Å²) < 4.78 is 52.0. The zero-order valence-corrected chi connectivity index (χ0v) is 15.2. The third kappa shape index (κ3) is 4.50. The SMILES string of the molecule is COc1ccc(S(=O)(=O)NC2CCC(Oc3ccccn3)CC2)cc1F. The second kappa shape index (κ2) is 8.01. The Hall–Kier alpha value is -2.19. The molecule has 2 aromatic rings. The normalized spacial score (nSPS) is 20.5. The van der Waals surface area contributed by atoms with Crippen LogP contribution >= 0.6 is 0 Å². The van der Waals surface area contributed by atoms with Gasteiger partial charge in [0.15, 0.2) is 11.6 Å². The molecule has 1 N–H and O–H groups in total. The van der Waals surface area contributed by atoms with Crippen molar-refractivity contribution in [3.8, 4) is 11.6 Å². The van der Waals surface area contributed by atoms with Crippen LogP contribution in [0.5, 0.6) is 11.6 Å². The Kier molecular flexibility index (Phi) is 5.73. The van der Waals surface area contributed by atoms with E-state index in [1.807, 2.05) is 12.1 Å². The molecule has 1 fully saturated rings. The van der Waals surface area contributed by atoms with Crippen LogP contribution in [0.15, 0.2) is 47.5 Å². The summed E-state index contributed by atoms with van der Waals surface area (Å²) in [6.45, 7) is 0. The molecule has 0 radical (unpaired) electrons. The number of nitrogens with zero attached hydrogens (tertiary/aromatic N) is 1. The lowest BCUT2D eigenvalue weighted by Crippen LogP contribution is -2.39. The minimum Gasteiger partial charge on any atom is -0.494 e. The van der Waals surface area contributed by atoms with Crippen LogP contribution in [-0.4, -0.2) is 32.7 Å². The molecule has 0 spiro atoms. The summed E-state index contributed by atoms with van der Waals surface area (Å²) in [5.41, 5.74) is 0. The van der Waals surface area contributed by atoms with Crippen molar-refractivity contribution in [1.29, 1.82) is 0 Å². The molecular weight excluding hydrogens is 359 g/mol. The molecule has 140 valence electrons. The van der Waals surface area contributed by atoms with Crippen molar-refractivity contribution >= 4 is 10.0 Å². The number of pyridine rings is 1. The Labute approximate surface area is 152 Å². The number of methoxy groups -OCH3 is 1. The van der Waals surface area contributed by atoms with Crippen molar-refractivity contribution in [3.05, 3.63) is 48.4 Å². The van der Waals surface area contributed by atoms with Crippen LogP contribution in [0.2, 0.25) is 0 Å². The quantitative estimate of drug-likeness (QED) is 0.834. The molecule has 8 heteroatoms. The summed E-state index contributed by atoms with van der Waals surface area (Å²) in [6.07, 6.45) is 4.43. The molecule has 0 aliphatic heterocycles. The van der Waals surface area contributed by atoms with E-state index in [1.54, 1.807) is 12.3 Å². The first-order valence-corrected chi connectivity index (χ1v) is 9.90. The van der Waals surface area contributed by atoms with E-state index in [-0.39, 0.29) is 22.8 Å². The number of nitrogens with one attached hydrogen (secondary N) is 1. The predicted octanol–water partition coefficient (Wildman–Crippen LogP) is 2.90. The third-order valence-corrected chi connectivity index (χ3v) is 5.87. The summed E-state index contributed by atoms with van der Waals surface area (Å²) in [5, 5.41) is 0. The van der Waals surface area contributed by atoms with E-state index in [2.05, 4.69) is 9.71 Å². The maximum atomic E-state index is 13.8. The second-order valence-electron chi connectivity index (χ2n) is 6.18. The minimum absolute atomic E-state index is 0.0103. The van der Waals surface area contributed by atoms with Gasteiger partial charge in [0.25, 0.3) is 0 Å². The maximum Gasteiger partial charge on any atom is 0.240 e. The van der Waals surface area contributed by atoms with Crippen molar-refractivity contribution < 1.29 is 22.3 Å². The van der Waals surface area contributed by atoms with Gasteiger partial charge in [-0.05, 0) is 49.9 Å². The topological polar surface area (TPSA) is 77.5 Å². The van der Waals surface area contributed by atoms with E-state index in [4.69, 9.17) is 9.47 Å². The number of ether oxygens (including phenoxy) is 2. The van der Waals surface area contributed by atoms with Crippen molar-refractivity contribution in [1.82, 2.24) is 9.71 Å². The van der Waals surface area contributed by atoms with Crippen LogP contribution < -0.4 is 14.2 Å². The van der Waals surface area contributed by atoms with Crippen LogP contribution in [0.1, 0.15) is 25.7 Å². The highest BCUT2D eigenvalue weighted by Crippen LogP contribution is 2.25. The first-order chi connectivity index (χ1) is 12.5. The molecule has 0 unspecified atom stereocenters. The van der Waals surface area contributed by atoms with Gasteiger partial charge < -0.3 is 9.47 Å². The first kappa shape index (κ1) is 18.6. The van der Waals surface area contributed by atoms with E-state index in [1.165, 1.54) is 19.2 Å². The number of halogens is 1. The summed E-state index contributed by atoms with van der Waals surface area (Å²) in [4.78, 5) is 4.03. The molecule has 0 saturated heterocycles. The Morgan fingerprint density at radius 3 is 2.54 bits per heavy atom. The van der Waals surface area contributed by atoms with Gasteiger partial charge in [-0.15, -0.1) is 0 Å². The lowest BCUT2D eigenvalue weighted by Gasteiger charge is -2.29. The summed E-state index contributed by atoms with van der Waals surface area (Å²) in [7, 11) is -2.45. The highest BCUT2D eigenvalue weighted by atomic mass is 32.2. The monoisotopic (exact) mass is 380 g/mol. The summed E-state index contributed by atoms with van der Waals surface area (Å²) in [5.74, 6) is -0.121. The fraction of sp³-hybridized carbons (Fsp3) is 0.389. The average molecular weight is 380 g/mol. The number of hydrogen-bond acceptors (Lipinski definition) is 5. The molecule has 1 saturated carbocycles. The Balaban J connectivity index is 1.57. The maximum absolute atomic E-state index is 13.8. The molecule has 6 nitrogen and oxygen atoms in total. The molecular formula is C18H21FN2O4S. The molecule has 0 bridgehead atoms. The smallest absolute Gasteiger partial charge is 0.240 e. The lowest BCUT2D eigenvalue weighted by atomic mass is 9.94. The Bertz CT molecular complexity index is 838. The molecule has 1 aromatic heterocycles. The average Bonchev–Trinajstić information content (AvgIpc) is 2.64. The van der Waals surface area contributed by atoms with E-state index in [9.17, 15) is 12.8 Å². The largest absolute Gasteiger partial charge is 0.494 e. The summed E-state index contributed by atoms with van der Waals surface area (Å²) >= 11 is 0. The number of aromatic nitrogens is 1. The van der Waals surface area contributed by atoms with Crippen LogP contribution in [0.3, 0.4) is 0 Å². The van der Waals surface area contributed by atoms with Gasteiger partial charge >= 0.3 is 0 Å². The highest BCUT2D eigenvalue weighted by molar-refractivity contribution is 7.89. The van der Waals surface area contributed by atoms with E-state index >= 15 is 0 Å². The van der Waals surface area contributed by atoms with Gasteiger partial charge in [0.05, 0.1) is 12.0 Å². The second-order valence-corrected chi connectivity index (χ2v) is 7.89. The molecule has 0 atom stereocenters. The standard InChI is InChI=1S/C18H21FN2O4S/c1-24-17-10-9-15(12-16(17)19)26(22,23)21-13-5-7-14(8-6-13)25-18-4-2-3-11-20-18/h2-4,9-14,21H,5-8H2,1H3. The van der Waals surface area contributed by atoms with E-state index in [0.717, 1.165) is 18.9 Å². The zero-order valence-electron chi connectivity index (χ0n) is 14.4. The van der Waals surface area contributed by atoms with Gasteiger partial charge in [0.1, 0.15) is 6.10 Å². The molecule has 0 amide bonds. The van der Waals surface area contributed by atoms with Crippen molar-refractivity contribution in [3.63, 3.8) is 0 Å². The van der Waals surface area contributed by atoms with Gasteiger partial charge in [0.2, 0.25) is 15.9 Å². The van der Waals surface area contributed by atoms with Crippen LogP contribution in [0.25, 0.3) is 0 Å². The fourth-order valence-electron chi connectivity index (χ4n) is 2.99. The highest BCUT2D eigenvalue weighted by Gasteiger charge is 2.27. The molecule has 3 rings (SSSR count). The molecule has 1 aliphatic carbocycles. The fourth-order valence-corrected chi connectivity index (χ4v) is 4.30. The van der Waals surface area contributed by atoms with Crippen LogP contribution in [0, 0.1) is 5.82 Å². The Morgan fingerprint density at radius 1 is 1.15 bits per heavy atom. The van der Waals surface area contributed by atoms with Gasteiger partial charge in [-0.25, -0.2) is 22.5 Å². The number of benzene rings is 1. The molecule has 1 aromatic carbocycles. The van der Waals surface area contributed by atoms with Gasteiger partial charge in [-0.1, -0.05) is 6.07 Å². The number of rotatable bonds is 6. The minimum atomic E-state index is -3.78. The Morgan fingerprint density at radius 2 is 1.92 bits per heavy atom. The van der Waals surface area contributed by atoms with Gasteiger partial charge in [0, 0.05) is 18.3 Å². The molecule has 1 heterocycles. The molecule has 26 heavy (non-hydrogen) atoms. The van der Waals surface area contributed by atoms with Gasteiger partial charge in [-0.2, -0.15) is 0 Å². The first-order valence-electron chi connectivity index (χ1n) is 8.41. The third-order valence-electron chi connectivity index (χ3n) is 4.35. The number of hydrogen-bond donors (Lipinski definition) is 1. The van der Waals surface area contributed by atoms with Crippen molar-refractivity contribution in [2.45, 2.75) is 42.7 Å². The summed E-state index contributed by atoms with van der Waals surface area (Å²) in [6, 6.07) is 8.89. The number of sulfonamides is 1. The predicted molar refractivity (Wildman–Crippen MR) is 94.2 cm³/mol.